The molecule has 0 saturated heterocycles. The van der Waals surface area contributed by atoms with Crippen molar-refractivity contribution in [3.63, 3.8) is 0 Å². The zero-order chi connectivity index (χ0) is 17.1. The molecule has 22 heavy (non-hydrogen) atoms. The number of aliphatic carboxylic acids is 2. The van der Waals surface area contributed by atoms with Crippen LogP contribution in [0.4, 0.5) is 0 Å². The second kappa shape index (κ2) is 10.3. The maximum atomic E-state index is 11.0. The summed E-state index contributed by atoms with van der Waals surface area (Å²) in [5.74, 6) is -2.87. The van der Waals surface area contributed by atoms with Crippen LogP contribution in [-0.4, -0.2) is 47.3 Å². The number of carbonyl (C=O) groups is 3. The van der Waals surface area contributed by atoms with Crippen LogP contribution in [0.25, 0.3) is 0 Å². The van der Waals surface area contributed by atoms with E-state index in [1.165, 1.54) is 7.11 Å². The predicted octanol–water partition coefficient (Wildman–Crippen LogP) is -0.398. The van der Waals surface area contributed by atoms with Gasteiger partial charge >= 0.3 is 17.9 Å². The van der Waals surface area contributed by atoms with Crippen LogP contribution >= 0.6 is 0 Å². The first-order chi connectivity index (χ1) is 10.3. The summed E-state index contributed by atoms with van der Waals surface area (Å²) in [6, 6.07) is 7.77. The number of hydrogen-bond acceptors (Lipinski definition) is 6. The molecule has 0 aliphatic heterocycles. The van der Waals surface area contributed by atoms with Gasteiger partial charge in [0.15, 0.2) is 0 Å². The molecule has 0 aliphatic carbocycles. The van der Waals surface area contributed by atoms with Gasteiger partial charge in [-0.05, 0) is 12.0 Å². The molecule has 8 nitrogen and oxygen atoms in total. The van der Waals surface area contributed by atoms with Crippen molar-refractivity contribution in [2.75, 3.05) is 7.11 Å². The first kappa shape index (κ1) is 19.6. The topological polar surface area (TPSA) is 153 Å². The fourth-order valence-electron chi connectivity index (χ4n) is 1.38. The van der Waals surface area contributed by atoms with E-state index in [4.69, 9.17) is 21.7 Å². The molecule has 0 fully saturated rings. The molecular weight excluding hydrogens is 292 g/mol. The van der Waals surface area contributed by atoms with E-state index in [0.29, 0.717) is 6.42 Å². The van der Waals surface area contributed by atoms with Crippen molar-refractivity contribution in [1.29, 1.82) is 0 Å². The Bertz CT molecular complexity index is 491. The van der Waals surface area contributed by atoms with Crippen molar-refractivity contribution in [3.8, 4) is 0 Å². The Labute approximate surface area is 127 Å². The monoisotopic (exact) mass is 312 g/mol. The molecule has 0 spiro atoms. The quantitative estimate of drug-likeness (QED) is 0.518. The summed E-state index contributed by atoms with van der Waals surface area (Å²) in [4.78, 5) is 30.6. The van der Waals surface area contributed by atoms with Gasteiger partial charge in [-0.25, -0.2) is 0 Å². The Balaban J connectivity index is 0.000000433. The van der Waals surface area contributed by atoms with Gasteiger partial charge in [-0.1, -0.05) is 30.3 Å². The Morgan fingerprint density at radius 2 is 1.64 bits per heavy atom. The van der Waals surface area contributed by atoms with Crippen molar-refractivity contribution in [3.05, 3.63) is 35.9 Å². The SMILES string of the molecule is COC(=O)C(N)Cc1ccccc1.NC(CC(=O)O)C(=O)O. The molecule has 2 atom stereocenters. The van der Waals surface area contributed by atoms with Crippen molar-refractivity contribution in [2.24, 2.45) is 11.5 Å². The van der Waals surface area contributed by atoms with Gasteiger partial charge in [0.25, 0.3) is 0 Å². The number of nitrogens with two attached hydrogens (primary N) is 2. The number of carboxylic acid groups (broad SMARTS) is 2. The number of methoxy groups -OCH3 is 1. The van der Waals surface area contributed by atoms with Gasteiger partial charge in [0.2, 0.25) is 0 Å². The Kier molecular flexibility index (Phi) is 9.15. The van der Waals surface area contributed by atoms with Gasteiger partial charge in [0.1, 0.15) is 12.1 Å². The highest BCUT2D eigenvalue weighted by atomic mass is 16.5. The molecular formula is C14H20N2O6. The molecule has 0 heterocycles. The molecule has 122 valence electrons. The van der Waals surface area contributed by atoms with Crippen LogP contribution in [0.5, 0.6) is 0 Å². The van der Waals surface area contributed by atoms with E-state index in [9.17, 15) is 14.4 Å². The van der Waals surface area contributed by atoms with Gasteiger partial charge in [0.05, 0.1) is 13.5 Å². The summed E-state index contributed by atoms with van der Waals surface area (Å²) >= 11 is 0. The lowest BCUT2D eigenvalue weighted by molar-refractivity contribution is -0.144. The van der Waals surface area contributed by atoms with Gasteiger partial charge in [0, 0.05) is 0 Å². The lowest BCUT2D eigenvalue weighted by Gasteiger charge is -2.08. The number of esters is 1. The third kappa shape index (κ3) is 8.67. The molecule has 0 aromatic heterocycles. The molecule has 8 heteroatoms. The Morgan fingerprint density at radius 1 is 1.09 bits per heavy atom. The van der Waals surface area contributed by atoms with Crippen molar-refractivity contribution >= 4 is 17.9 Å². The summed E-state index contributed by atoms with van der Waals surface area (Å²) in [6.45, 7) is 0. The van der Waals surface area contributed by atoms with Crippen molar-refractivity contribution in [1.82, 2.24) is 0 Å². The molecule has 0 saturated carbocycles. The number of carboxylic acids is 2. The van der Waals surface area contributed by atoms with Crippen LogP contribution < -0.4 is 11.5 Å². The number of benzene rings is 1. The first-order valence-corrected chi connectivity index (χ1v) is 6.35. The van der Waals surface area contributed by atoms with Gasteiger partial charge < -0.3 is 26.4 Å². The van der Waals surface area contributed by atoms with Crippen molar-refractivity contribution < 1.29 is 29.3 Å². The zero-order valence-corrected chi connectivity index (χ0v) is 12.1. The van der Waals surface area contributed by atoms with E-state index >= 15 is 0 Å². The van der Waals surface area contributed by atoms with Crippen LogP contribution in [0.1, 0.15) is 12.0 Å². The first-order valence-electron chi connectivity index (χ1n) is 6.35. The molecule has 0 bridgehead atoms. The van der Waals surface area contributed by atoms with Crippen LogP contribution in [-0.2, 0) is 25.5 Å². The van der Waals surface area contributed by atoms with E-state index in [0.717, 1.165) is 5.56 Å². The van der Waals surface area contributed by atoms with Crippen LogP contribution in [0.15, 0.2) is 30.3 Å². The highest BCUT2D eigenvalue weighted by Gasteiger charge is 2.14. The lowest BCUT2D eigenvalue weighted by Crippen LogP contribution is -2.33. The molecule has 0 amide bonds. The van der Waals surface area contributed by atoms with E-state index in [2.05, 4.69) is 4.74 Å². The standard InChI is InChI=1S/C10H13NO2.C4H7NO4/c1-13-10(12)9(11)7-8-5-3-2-4-6-8;5-2(4(8)9)1-3(6)7/h2-6,9H,7,11H2,1H3;2H,1,5H2,(H,6,7)(H,8,9). The fourth-order valence-corrected chi connectivity index (χ4v) is 1.38. The Hall–Kier alpha value is -2.45. The molecule has 0 radical (unpaired) electrons. The van der Waals surface area contributed by atoms with Crippen LogP contribution in [0.2, 0.25) is 0 Å². The second-order valence-corrected chi connectivity index (χ2v) is 4.36. The molecule has 6 N–H and O–H groups in total. The summed E-state index contributed by atoms with van der Waals surface area (Å²) in [5, 5.41) is 16.0. The largest absolute Gasteiger partial charge is 0.481 e. The van der Waals surface area contributed by atoms with E-state index in [1.54, 1.807) is 0 Å². The summed E-state index contributed by atoms with van der Waals surface area (Å²) in [6.07, 6.45) is -0.0111. The number of rotatable bonds is 6. The minimum Gasteiger partial charge on any atom is -0.481 e. The average molecular weight is 312 g/mol. The highest BCUT2D eigenvalue weighted by molar-refractivity contribution is 5.80. The zero-order valence-electron chi connectivity index (χ0n) is 12.1. The number of carbonyl (C=O) groups excluding carboxylic acids is 1. The number of hydrogen-bond donors (Lipinski definition) is 4. The van der Waals surface area contributed by atoms with Gasteiger partial charge in [-0.2, -0.15) is 0 Å². The average Bonchev–Trinajstić information content (AvgIpc) is 2.47. The number of ether oxygens (including phenoxy) is 1. The van der Waals surface area contributed by atoms with Crippen LogP contribution in [0.3, 0.4) is 0 Å². The second-order valence-electron chi connectivity index (χ2n) is 4.36. The normalized spacial score (nSPS) is 12.3. The summed E-state index contributed by atoms with van der Waals surface area (Å²) in [5.41, 5.74) is 11.5. The van der Waals surface area contributed by atoms with E-state index in [1.807, 2.05) is 30.3 Å². The minimum atomic E-state index is -1.29. The third-order valence-electron chi connectivity index (χ3n) is 2.51. The maximum absolute atomic E-state index is 11.0. The highest BCUT2D eigenvalue weighted by Crippen LogP contribution is 2.02. The molecule has 1 rings (SSSR count). The minimum absolute atomic E-state index is 0.371. The van der Waals surface area contributed by atoms with E-state index < -0.39 is 30.4 Å². The maximum Gasteiger partial charge on any atom is 0.322 e. The molecule has 1 aromatic rings. The molecule has 0 aliphatic rings. The summed E-state index contributed by atoms with van der Waals surface area (Å²) < 4.78 is 4.52. The van der Waals surface area contributed by atoms with Crippen LogP contribution in [0, 0.1) is 0 Å². The van der Waals surface area contributed by atoms with Gasteiger partial charge in [-0.3, -0.25) is 14.4 Å². The fraction of sp³-hybridized carbons (Fsp3) is 0.357. The third-order valence-corrected chi connectivity index (χ3v) is 2.51. The Morgan fingerprint density at radius 3 is 2.00 bits per heavy atom. The molecule has 2 unspecified atom stereocenters. The van der Waals surface area contributed by atoms with Gasteiger partial charge in [-0.15, -0.1) is 0 Å². The molecule has 1 aromatic carbocycles. The van der Waals surface area contributed by atoms with E-state index in [-0.39, 0.29) is 5.97 Å². The lowest BCUT2D eigenvalue weighted by atomic mass is 10.1. The van der Waals surface area contributed by atoms with Crippen molar-refractivity contribution in [2.45, 2.75) is 24.9 Å². The summed E-state index contributed by atoms with van der Waals surface area (Å²) in [7, 11) is 1.34. The smallest absolute Gasteiger partial charge is 0.322 e. The predicted molar refractivity (Wildman–Crippen MR) is 78.0 cm³/mol.